The minimum atomic E-state index is 0. The van der Waals surface area contributed by atoms with Crippen molar-refractivity contribution >= 4 is 35.6 Å². The highest BCUT2D eigenvalue weighted by molar-refractivity contribution is 14.0. The van der Waals surface area contributed by atoms with Crippen molar-refractivity contribution in [3.63, 3.8) is 0 Å². The summed E-state index contributed by atoms with van der Waals surface area (Å²) in [5.41, 5.74) is 2.52. The van der Waals surface area contributed by atoms with Gasteiger partial charge in [0.25, 0.3) is 0 Å². The van der Waals surface area contributed by atoms with E-state index in [1.807, 2.05) is 21.1 Å². The number of nitrogens with one attached hydrogen (secondary N) is 2. The first-order chi connectivity index (χ1) is 11.6. The molecule has 2 rings (SSSR count). The van der Waals surface area contributed by atoms with Crippen molar-refractivity contribution in [3.05, 3.63) is 42.0 Å². The first-order valence-electron chi connectivity index (χ1n) is 8.21. The Kier molecular flexibility index (Phi) is 9.25. The van der Waals surface area contributed by atoms with Gasteiger partial charge in [0, 0.05) is 39.9 Å². The average Bonchev–Trinajstić information content (AvgIpc) is 2.98. The normalized spacial score (nSPS) is 11.0. The molecule has 8 heteroatoms. The monoisotopic (exact) mass is 457 g/mol. The van der Waals surface area contributed by atoms with Gasteiger partial charge >= 0.3 is 0 Å². The zero-order chi connectivity index (χ0) is 17.4. The van der Waals surface area contributed by atoms with Gasteiger partial charge in [-0.1, -0.05) is 12.1 Å². The van der Waals surface area contributed by atoms with E-state index in [2.05, 4.69) is 61.8 Å². The standard InChI is InChI=1S/C17H27N7.HI/c1-5-18-17(20-12-16-21-13-22-24(16)4)19-11-10-14-6-8-15(9-7-14)23(2)3;/h6-9,13H,5,10-12H2,1-4H3,(H2,18,19,20);1H. The van der Waals surface area contributed by atoms with Gasteiger partial charge < -0.3 is 15.5 Å². The second kappa shape index (κ2) is 10.9. The van der Waals surface area contributed by atoms with Crippen LogP contribution in [0.25, 0.3) is 0 Å². The SMILES string of the molecule is CCNC(=NCc1ncnn1C)NCCc1ccc(N(C)C)cc1.I. The predicted octanol–water partition coefficient (Wildman–Crippen LogP) is 1.80. The van der Waals surface area contributed by atoms with Gasteiger partial charge in [-0.25, -0.2) is 9.98 Å². The molecule has 0 unspecified atom stereocenters. The van der Waals surface area contributed by atoms with Crippen LogP contribution >= 0.6 is 24.0 Å². The van der Waals surface area contributed by atoms with E-state index in [1.165, 1.54) is 11.3 Å². The van der Waals surface area contributed by atoms with Crippen LogP contribution in [0.1, 0.15) is 18.3 Å². The molecule has 0 aliphatic rings. The number of halogens is 1. The minimum Gasteiger partial charge on any atom is -0.378 e. The number of guanidine groups is 1. The lowest BCUT2D eigenvalue weighted by molar-refractivity contribution is 0.697. The molecule has 0 aliphatic carbocycles. The minimum absolute atomic E-state index is 0. The van der Waals surface area contributed by atoms with E-state index in [-0.39, 0.29) is 24.0 Å². The van der Waals surface area contributed by atoms with Gasteiger partial charge in [0.1, 0.15) is 18.7 Å². The summed E-state index contributed by atoms with van der Waals surface area (Å²) in [7, 11) is 5.97. The zero-order valence-electron chi connectivity index (χ0n) is 15.4. The summed E-state index contributed by atoms with van der Waals surface area (Å²) in [6, 6.07) is 8.62. The molecule has 0 saturated carbocycles. The van der Waals surface area contributed by atoms with Crippen LogP contribution in [0.3, 0.4) is 0 Å². The fraction of sp³-hybridized carbons (Fsp3) is 0.471. The second-order valence-corrected chi connectivity index (χ2v) is 5.73. The van der Waals surface area contributed by atoms with E-state index < -0.39 is 0 Å². The molecule has 0 amide bonds. The zero-order valence-corrected chi connectivity index (χ0v) is 17.7. The Balaban J connectivity index is 0.00000312. The van der Waals surface area contributed by atoms with E-state index in [4.69, 9.17) is 0 Å². The van der Waals surface area contributed by atoms with Crippen molar-refractivity contribution in [2.75, 3.05) is 32.1 Å². The van der Waals surface area contributed by atoms with E-state index in [0.717, 1.165) is 31.3 Å². The number of aliphatic imine (C=N–C) groups is 1. The molecule has 2 aromatic rings. The number of anilines is 1. The number of rotatable bonds is 7. The largest absolute Gasteiger partial charge is 0.378 e. The third-order valence-electron chi connectivity index (χ3n) is 3.69. The van der Waals surface area contributed by atoms with Gasteiger partial charge in [-0.05, 0) is 31.0 Å². The van der Waals surface area contributed by atoms with Gasteiger partial charge in [-0.2, -0.15) is 5.10 Å². The smallest absolute Gasteiger partial charge is 0.191 e. The molecule has 2 N–H and O–H groups in total. The Labute approximate surface area is 166 Å². The molecule has 0 radical (unpaired) electrons. The molecule has 1 aromatic carbocycles. The molecule has 7 nitrogen and oxygen atoms in total. The lowest BCUT2D eigenvalue weighted by Crippen LogP contribution is -2.38. The van der Waals surface area contributed by atoms with Crippen molar-refractivity contribution in [3.8, 4) is 0 Å². The van der Waals surface area contributed by atoms with Crippen LogP contribution in [0.5, 0.6) is 0 Å². The second-order valence-electron chi connectivity index (χ2n) is 5.73. The van der Waals surface area contributed by atoms with Crippen molar-refractivity contribution in [2.45, 2.75) is 19.9 Å². The fourth-order valence-electron chi connectivity index (χ4n) is 2.24. The van der Waals surface area contributed by atoms with Crippen LogP contribution in [0.2, 0.25) is 0 Å². The van der Waals surface area contributed by atoms with Crippen molar-refractivity contribution < 1.29 is 0 Å². The molecule has 1 heterocycles. The molecule has 0 bridgehead atoms. The number of benzene rings is 1. The Morgan fingerprint density at radius 3 is 2.48 bits per heavy atom. The third-order valence-corrected chi connectivity index (χ3v) is 3.69. The summed E-state index contributed by atoms with van der Waals surface area (Å²) in [6.45, 7) is 4.21. The van der Waals surface area contributed by atoms with Crippen LogP contribution in [0.4, 0.5) is 5.69 Å². The molecule has 1 aromatic heterocycles. The van der Waals surface area contributed by atoms with Gasteiger partial charge in [-0.3, -0.25) is 4.68 Å². The summed E-state index contributed by atoms with van der Waals surface area (Å²) in [5, 5.41) is 10.7. The molecule has 0 aliphatic heterocycles. The average molecular weight is 457 g/mol. The fourth-order valence-corrected chi connectivity index (χ4v) is 2.24. The Bertz CT molecular complexity index is 649. The number of hydrogen-bond acceptors (Lipinski definition) is 4. The van der Waals surface area contributed by atoms with E-state index in [0.29, 0.717) is 6.54 Å². The number of aryl methyl sites for hydroxylation is 1. The Hall–Kier alpha value is -1.84. The highest BCUT2D eigenvalue weighted by atomic mass is 127. The molecule has 138 valence electrons. The number of nitrogens with zero attached hydrogens (tertiary/aromatic N) is 5. The number of aromatic nitrogens is 3. The van der Waals surface area contributed by atoms with Crippen LogP contribution in [0.15, 0.2) is 35.6 Å². The molecule has 0 saturated heterocycles. The third kappa shape index (κ3) is 6.89. The van der Waals surface area contributed by atoms with E-state index in [1.54, 1.807) is 11.0 Å². The van der Waals surface area contributed by atoms with Crippen molar-refractivity contribution in [1.82, 2.24) is 25.4 Å². The molecular weight excluding hydrogens is 429 g/mol. The maximum atomic E-state index is 4.55. The first-order valence-corrected chi connectivity index (χ1v) is 8.21. The van der Waals surface area contributed by atoms with Crippen LogP contribution in [-0.4, -0.2) is 47.9 Å². The topological polar surface area (TPSA) is 70.4 Å². The lowest BCUT2D eigenvalue weighted by Gasteiger charge is -2.13. The summed E-state index contributed by atoms with van der Waals surface area (Å²) in [4.78, 5) is 10.8. The molecule has 0 atom stereocenters. The van der Waals surface area contributed by atoms with Crippen molar-refractivity contribution in [1.29, 1.82) is 0 Å². The quantitative estimate of drug-likeness (QED) is 0.377. The maximum Gasteiger partial charge on any atom is 0.191 e. The summed E-state index contributed by atoms with van der Waals surface area (Å²) in [6.07, 6.45) is 2.49. The van der Waals surface area contributed by atoms with E-state index >= 15 is 0 Å². The van der Waals surface area contributed by atoms with Crippen LogP contribution < -0.4 is 15.5 Å². The van der Waals surface area contributed by atoms with Gasteiger partial charge in [0.05, 0.1) is 0 Å². The maximum absolute atomic E-state index is 4.55. The predicted molar refractivity (Wildman–Crippen MR) is 114 cm³/mol. The number of hydrogen-bond donors (Lipinski definition) is 2. The van der Waals surface area contributed by atoms with Gasteiger partial charge in [0.2, 0.25) is 0 Å². The molecule has 0 spiro atoms. The molecular formula is C17H28IN7. The summed E-state index contributed by atoms with van der Waals surface area (Å²) >= 11 is 0. The van der Waals surface area contributed by atoms with Gasteiger partial charge in [0.15, 0.2) is 5.96 Å². The highest BCUT2D eigenvalue weighted by Gasteiger charge is 2.02. The van der Waals surface area contributed by atoms with Gasteiger partial charge in [-0.15, -0.1) is 24.0 Å². The summed E-state index contributed by atoms with van der Waals surface area (Å²) < 4.78 is 1.74. The van der Waals surface area contributed by atoms with Crippen LogP contribution in [-0.2, 0) is 20.0 Å². The first kappa shape index (κ1) is 21.2. The highest BCUT2D eigenvalue weighted by Crippen LogP contribution is 2.12. The molecule has 25 heavy (non-hydrogen) atoms. The van der Waals surface area contributed by atoms with Crippen LogP contribution in [0, 0.1) is 0 Å². The summed E-state index contributed by atoms with van der Waals surface area (Å²) in [5.74, 6) is 1.64. The Morgan fingerprint density at radius 2 is 1.92 bits per heavy atom. The molecule has 0 fully saturated rings. The lowest BCUT2D eigenvalue weighted by atomic mass is 10.1. The van der Waals surface area contributed by atoms with E-state index in [9.17, 15) is 0 Å². The van der Waals surface area contributed by atoms with Crippen molar-refractivity contribution in [2.24, 2.45) is 12.0 Å². The Morgan fingerprint density at radius 1 is 1.20 bits per heavy atom.